The highest BCUT2D eigenvalue weighted by Crippen LogP contribution is 2.35. The fourth-order valence-electron chi connectivity index (χ4n) is 4.07. The summed E-state index contributed by atoms with van der Waals surface area (Å²) in [6.07, 6.45) is 4.70. The van der Waals surface area contributed by atoms with Gasteiger partial charge in [0.15, 0.2) is 17.0 Å². The van der Waals surface area contributed by atoms with Crippen molar-refractivity contribution < 1.29 is 9.53 Å². The van der Waals surface area contributed by atoms with Crippen molar-refractivity contribution in [1.29, 1.82) is 0 Å². The Kier molecular flexibility index (Phi) is 5.43. The number of halogens is 1. The van der Waals surface area contributed by atoms with Gasteiger partial charge in [-0.2, -0.15) is 0 Å². The van der Waals surface area contributed by atoms with Crippen molar-refractivity contribution >= 4 is 49.6 Å². The maximum Gasteiger partial charge on any atom is 0.311 e. The maximum absolute atomic E-state index is 12.4. The predicted molar refractivity (Wildman–Crippen MR) is 130 cm³/mol. The van der Waals surface area contributed by atoms with E-state index in [1.807, 2.05) is 60.2 Å². The van der Waals surface area contributed by atoms with Gasteiger partial charge in [0.05, 0.1) is 17.2 Å². The Morgan fingerprint density at radius 3 is 2.53 bits per heavy atom. The number of esters is 1. The van der Waals surface area contributed by atoms with Gasteiger partial charge in [0, 0.05) is 23.0 Å². The molecule has 0 aliphatic rings. The number of rotatable bonds is 6. The predicted octanol–water partition coefficient (Wildman–Crippen LogP) is 6.25. The third-order valence-corrected chi connectivity index (χ3v) is 6.01. The van der Waals surface area contributed by atoms with Crippen molar-refractivity contribution in [3.63, 3.8) is 0 Å². The summed E-state index contributed by atoms with van der Waals surface area (Å²) in [6, 6.07) is 16.0. The van der Waals surface area contributed by atoms with E-state index in [0.717, 1.165) is 63.0 Å². The van der Waals surface area contributed by atoms with Crippen molar-refractivity contribution in [2.75, 3.05) is 0 Å². The molecule has 0 fully saturated rings. The van der Waals surface area contributed by atoms with Gasteiger partial charge in [-0.25, -0.2) is 9.97 Å². The van der Waals surface area contributed by atoms with Crippen molar-refractivity contribution in [2.24, 2.45) is 0 Å². The molecule has 0 unspecified atom stereocenters. The quantitative estimate of drug-likeness (QED) is 0.264. The first kappa shape index (κ1) is 20.7. The van der Waals surface area contributed by atoms with Crippen LogP contribution in [0.1, 0.15) is 38.9 Å². The number of carbonyl (C=O) groups is 1. The van der Waals surface area contributed by atoms with E-state index in [-0.39, 0.29) is 5.97 Å². The number of para-hydroxylation sites is 2. The molecule has 7 heteroatoms. The first-order chi connectivity index (χ1) is 15.6. The lowest BCUT2D eigenvalue weighted by Crippen LogP contribution is -2.07. The number of aryl methyl sites for hydroxylation is 1. The minimum atomic E-state index is -0.255. The summed E-state index contributed by atoms with van der Waals surface area (Å²) in [5.74, 6) is 1.16. The average Bonchev–Trinajstić information content (AvgIpc) is 3.33. The maximum atomic E-state index is 12.4. The smallest absolute Gasteiger partial charge is 0.311 e. The van der Waals surface area contributed by atoms with Gasteiger partial charge in [0.2, 0.25) is 0 Å². The second-order valence-corrected chi connectivity index (χ2v) is 8.72. The van der Waals surface area contributed by atoms with Crippen LogP contribution in [0.25, 0.3) is 33.4 Å². The van der Waals surface area contributed by atoms with E-state index in [1.54, 1.807) is 0 Å². The minimum absolute atomic E-state index is 0.255. The number of aromatic nitrogens is 4. The van der Waals surface area contributed by atoms with Gasteiger partial charge in [0.1, 0.15) is 11.2 Å². The van der Waals surface area contributed by atoms with Gasteiger partial charge in [-0.1, -0.05) is 41.9 Å². The zero-order chi connectivity index (χ0) is 22.2. The molecule has 0 bridgehead atoms. The van der Waals surface area contributed by atoms with Crippen LogP contribution >= 0.6 is 15.9 Å². The van der Waals surface area contributed by atoms with Crippen LogP contribution in [0.2, 0.25) is 0 Å². The van der Waals surface area contributed by atoms with Crippen molar-refractivity contribution in [2.45, 2.75) is 39.5 Å². The summed E-state index contributed by atoms with van der Waals surface area (Å²) in [4.78, 5) is 22.4. The summed E-state index contributed by atoms with van der Waals surface area (Å²) >= 11 is 3.50. The van der Waals surface area contributed by atoms with Crippen LogP contribution in [-0.4, -0.2) is 24.9 Å². The SMILES string of the molecule is CCCC(=O)Oc1cn(-c2ccc(Br)cc2)c2nc(CCC)n3c4ccccc4nc3c12. The fraction of sp³-hybridized carbons (Fsp3) is 0.240. The second kappa shape index (κ2) is 8.39. The van der Waals surface area contributed by atoms with Crippen LogP contribution in [-0.2, 0) is 11.2 Å². The summed E-state index contributed by atoms with van der Waals surface area (Å²) in [7, 11) is 0. The molecule has 6 nitrogen and oxygen atoms in total. The monoisotopic (exact) mass is 490 g/mol. The van der Waals surface area contributed by atoms with Gasteiger partial charge in [-0.15, -0.1) is 0 Å². The van der Waals surface area contributed by atoms with Gasteiger partial charge in [-0.05, 0) is 49.2 Å². The standard InChI is InChI=1S/C25H23BrN4O2/c1-3-7-21-28-24-23(25-27-18-9-5-6-10-19(18)30(21)25)20(32-22(31)8-4-2)15-29(24)17-13-11-16(26)12-14-17/h5-6,9-15H,3-4,7-8H2,1-2H3. The molecule has 0 spiro atoms. The molecule has 0 aliphatic carbocycles. The van der Waals surface area contributed by atoms with E-state index < -0.39 is 0 Å². The number of nitrogens with zero attached hydrogens (tertiary/aromatic N) is 4. The molecule has 162 valence electrons. The highest BCUT2D eigenvalue weighted by Gasteiger charge is 2.22. The third-order valence-electron chi connectivity index (χ3n) is 5.48. The molecule has 32 heavy (non-hydrogen) atoms. The van der Waals surface area contributed by atoms with Crippen molar-refractivity contribution in [1.82, 2.24) is 18.9 Å². The molecule has 0 radical (unpaired) electrons. The van der Waals surface area contributed by atoms with E-state index in [0.29, 0.717) is 12.2 Å². The largest absolute Gasteiger partial charge is 0.424 e. The molecule has 0 saturated heterocycles. The Bertz CT molecular complexity index is 1450. The molecule has 5 aromatic rings. The summed E-state index contributed by atoms with van der Waals surface area (Å²) in [5.41, 5.74) is 4.32. The van der Waals surface area contributed by atoms with E-state index in [4.69, 9.17) is 14.7 Å². The lowest BCUT2D eigenvalue weighted by atomic mass is 10.2. The highest BCUT2D eigenvalue weighted by atomic mass is 79.9. The number of fused-ring (bicyclic) bond motifs is 5. The number of hydrogen-bond donors (Lipinski definition) is 0. The Morgan fingerprint density at radius 2 is 1.78 bits per heavy atom. The van der Waals surface area contributed by atoms with E-state index >= 15 is 0 Å². The van der Waals surface area contributed by atoms with Crippen LogP contribution in [0.4, 0.5) is 0 Å². The van der Waals surface area contributed by atoms with E-state index in [9.17, 15) is 4.79 Å². The van der Waals surface area contributed by atoms with Crippen molar-refractivity contribution in [3.8, 4) is 11.4 Å². The molecular formula is C25H23BrN4O2. The molecule has 0 amide bonds. The lowest BCUT2D eigenvalue weighted by Gasteiger charge is -2.09. The molecule has 5 rings (SSSR count). The Labute approximate surface area is 194 Å². The van der Waals surface area contributed by atoms with Crippen LogP contribution in [0.5, 0.6) is 5.75 Å². The average molecular weight is 491 g/mol. The number of imidazole rings is 1. The first-order valence-corrected chi connectivity index (χ1v) is 11.7. The molecule has 2 aromatic carbocycles. The zero-order valence-electron chi connectivity index (χ0n) is 18.0. The Hall–Kier alpha value is -3.19. The van der Waals surface area contributed by atoms with Gasteiger partial charge >= 0.3 is 5.97 Å². The normalized spacial score (nSPS) is 11.6. The molecule has 0 aliphatic heterocycles. The minimum Gasteiger partial charge on any atom is -0.424 e. The molecule has 3 heterocycles. The zero-order valence-corrected chi connectivity index (χ0v) is 19.6. The topological polar surface area (TPSA) is 61.4 Å². The van der Waals surface area contributed by atoms with Crippen LogP contribution in [0, 0.1) is 0 Å². The highest BCUT2D eigenvalue weighted by molar-refractivity contribution is 9.10. The van der Waals surface area contributed by atoms with Gasteiger partial charge < -0.3 is 4.74 Å². The van der Waals surface area contributed by atoms with Crippen molar-refractivity contribution in [3.05, 3.63) is 65.0 Å². The molecule has 3 aromatic heterocycles. The van der Waals surface area contributed by atoms with Crippen LogP contribution in [0.15, 0.2) is 59.2 Å². The molecule has 0 saturated carbocycles. The van der Waals surface area contributed by atoms with Crippen LogP contribution in [0.3, 0.4) is 0 Å². The third kappa shape index (κ3) is 3.46. The number of carbonyl (C=O) groups excluding carboxylic acids is 1. The van der Waals surface area contributed by atoms with Gasteiger partial charge in [0.25, 0.3) is 0 Å². The number of ether oxygens (including phenoxy) is 1. The number of benzene rings is 2. The summed E-state index contributed by atoms with van der Waals surface area (Å²) < 4.78 is 10.9. The Morgan fingerprint density at radius 1 is 1.00 bits per heavy atom. The fourth-order valence-corrected chi connectivity index (χ4v) is 4.33. The summed E-state index contributed by atoms with van der Waals surface area (Å²) in [5, 5.41) is 0.744. The Balaban J connectivity index is 1.87. The number of hydrogen-bond acceptors (Lipinski definition) is 4. The van der Waals surface area contributed by atoms with E-state index in [1.165, 1.54) is 0 Å². The van der Waals surface area contributed by atoms with Crippen LogP contribution < -0.4 is 4.74 Å². The summed E-state index contributed by atoms with van der Waals surface area (Å²) in [6.45, 7) is 4.10. The molecule has 0 N–H and O–H groups in total. The second-order valence-electron chi connectivity index (χ2n) is 7.80. The lowest BCUT2D eigenvalue weighted by molar-refractivity contribution is -0.134. The first-order valence-electron chi connectivity index (χ1n) is 10.9. The van der Waals surface area contributed by atoms with Gasteiger partial charge in [-0.3, -0.25) is 13.8 Å². The molecular weight excluding hydrogens is 468 g/mol. The van der Waals surface area contributed by atoms with E-state index in [2.05, 4.69) is 33.3 Å². The molecule has 0 atom stereocenters.